The molecular formula is C21H18ClNOS. The predicted octanol–water partition coefficient (Wildman–Crippen LogP) is 5.38. The molecule has 0 heterocycles. The fraction of sp³-hybridized carbons (Fsp3) is 0.0952. The molecule has 126 valence electrons. The van der Waals surface area contributed by atoms with Gasteiger partial charge in [0.05, 0.1) is 0 Å². The van der Waals surface area contributed by atoms with Gasteiger partial charge < -0.3 is 10.1 Å². The molecular weight excluding hydrogens is 350 g/mol. The molecule has 3 aromatic rings. The van der Waals surface area contributed by atoms with Crippen LogP contribution in [0.3, 0.4) is 0 Å². The first-order chi connectivity index (χ1) is 12.2. The van der Waals surface area contributed by atoms with Gasteiger partial charge in [-0.15, -0.1) is 0 Å². The Kier molecular flexibility index (Phi) is 6.04. The lowest BCUT2D eigenvalue weighted by Crippen LogP contribution is -2.21. The van der Waals surface area contributed by atoms with Crippen LogP contribution in [0.4, 0.5) is 0 Å². The maximum absolute atomic E-state index is 5.89. The van der Waals surface area contributed by atoms with Gasteiger partial charge in [0.15, 0.2) is 0 Å². The zero-order chi connectivity index (χ0) is 17.5. The fourth-order valence-corrected chi connectivity index (χ4v) is 2.66. The summed E-state index contributed by atoms with van der Waals surface area (Å²) in [7, 11) is 0. The average molecular weight is 368 g/mol. The van der Waals surface area contributed by atoms with Gasteiger partial charge in [0.25, 0.3) is 0 Å². The molecule has 0 bridgehead atoms. The monoisotopic (exact) mass is 367 g/mol. The normalized spacial score (nSPS) is 10.3. The van der Waals surface area contributed by atoms with Crippen LogP contribution < -0.4 is 10.1 Å². The smallest absolute Gasteiger partial charge is 0.119 e. The van der Waals surface area contributed by atoms with Gasteiger partial charge in [-0.3, -0.25) is 0 Å². The summed E-state index contributed by atoms with van der Waals surface area (Å²) >= 11 is 11.3. The third kappa shape index (κ3) is 5.31. The molecule has 0 atom stereocenters. The van der Waals surface area contributed by atoms with Crippen molar-refractivity contribution in [1.29, 1.82) is 0 Å². The highest BCUT2D eigenvalue weighted by atomic mass is 35.5. The van der Waals surface area contributed by atoms with Crippen LogP contribution in [0.5, 0.6) is 5.75 Å². The standard InChI is InChI=1S/C21H18ClNOS/c22-19-10-6-16(7-11-19)14-23-21(25)18-8-12-20(13-9-18)24-15-17-4-2-1-3-5-17/h1-13H,14-15H2,(H,23,25). The third-order valence-electron chi connectivity index (χ3n) is 3.73. The molecule has 0 aromatic heterocycles. The Morgan fingerprint density at radius 2 is 1.52 bits per heavy atom. The number of benzene rings is 3. The Morgan fingerprint density at radius 1 is 0.840 bits per heavy atom. The summed E-state index contributed by atoms with van der Waals surface area (Å²) < 4.78 is 5.79. The van der Waals surface area contributed by atoms with E-state index in [1.165, 1.54) is 0 Å². The van der Waals surface area contributed by atoms with E-state index in [9.17, 15) is 0 Å². The summed E-state index contributed by atoms with van der Waals surface area (Å²) in [6.07, 6.45) is 0. The van der Waals surface area contributed by atoms with Gasteiger partial charge in [0.1, 0.15) is 17.3 Å². The summed E-state index contributed by atoms with van der Waals surface area (Å²) in [5.41, 5.74) is 3.25. The number of hydrogen-bond donors (Lipinski definition) is 1. The van der Waals surface area contributed by atoms with Gasteiger partial charge in [0, 0.05) is 17.1 Å². The average Bonchev–Trinajstić information content (AvgIpc) is 2.67. The summed E-state index contributed by atoms with van der Waals surface area (Å²) in [4.78, 5) is 0.713. The third-order valence-corrected chi connectivity index (χ3v) is 4.36. The molecule has 0 aliphatic carbocycles. The lowest BCUT2D eigenvalue weighted by molar-refractivity contribution is 0.306. The van der Waals surface area contributed by atoms with E-state index in [0.717, 1.165) is 27.5 Å². The molecule has 0 unspecified atom stereocenters. The van der Waals surface area contributed by atoms with Gasteiger partial charge in [-0.25, -0.2) is 0 Å². The summed E-state index contributed by atoms with van der Waals surface area (Å²) in [6, 6.07) is 25.6. The van der Waals surface area contributed by atoms with Crippen LogP contribution in [0.1, 0.15) is 16.7 Å². The molecule has 2 nitrogen and oxygen atoms in total. The molecule has 25 heavy (non-hydrogen) atoms. The summed E-state index contributed by atoms with van der Waals surface area (Å²) in [5, 5.41) is 3.99. The Morgan fingerprint density at radius 3 is 2.20 bits per heavy atom. The van der Waals surface area contributed by atoms with Crippen molar-refractivity contribution in [2.24, 2.45) is 0 Å². The molecule has 0 saturated heterocycles. The van der Waals surface area contributed by atoms with E-state index in [-0.39, 0.29) is 0 Å². The minimum absolute atomic E-state index is 0.555. The van der Waals surface area contributed by atoms with Crippen molar-refractivity contribution in [3.63, 3.8) is 0 Å². The quantitative estimate of drug-likeness (QED) is 0.590. The van der Waals surface area contributed by atoms with E-state index in [0.29, 0.717) is 18.1 Å². The molecule has 1 N–H and O–H groups in total. The van der Waals surface area contributed by atoms with Crippen molar-refractivity contribution in [1.82, 2.24) is 5.32 Å². The van der Waals surface area contributed by atoms with E-state index in [1.54, 1.807) is 0 Å². The van der Waals surface area contributed by atoms with Crippen LogP contribution >= 0.6 is 23.8 Å². The second kappa shape index (κ2) is 8.65. The molecule has 0 amide bonds. The lowest BCUT2D eigenvalue weighted by Gasteiger charge is -2.10. The van der Waals surface area contributed by atoms with Crippen LogP contribution in [0.15, 0.2) is 78.9 Å². The molecule has 4 heteroatoms. The van der Waals surface area contributed by atoms with E-state index in [1.807, 2.05) is 78.9 Å². The highest BCUT2D eigenvalue weighted by Crippen LogP contribution is 2.15. The summed E-state index contributed by atoms with van der Waals surface area (Å²) in [5.74, 6) is 0.827. The topological polar surface area (TPSA) is 21.3 Å². The number of ether oxygens (including phenoxy) is 1. The molecule has 0 spiro atoms. The second-order valence-electron chi connectivity index (χ2n) is 5.61. The van der Waals surface area contributed by atoms with Crippen molar-refractivity contribution < 1.29 is 4.74 Å². The van der Waals surface area contributed by atoms with Crippen LogP contribution in [-0.4, -0.2) is 4.99 Å². The number of thiocarbonyl (C=S) groups is 1. The van der Waals surface area contributed by atoms with Crippen LogP contribution in [0.25, 0.3) is 0 Å². The number of halogens is 1. The molecule has 0 aliphatic heterocycles. The Labute approximate surface area is 158 Å². The molecule has 0 fully saturated rings. The predicted molar refractivity (Wildman–Crippen MR) is 107 cm³/mol. The van der Waals surface area contributed by atoms with Crippen molar-refractivity contribution in [2.45, 2.75) is 13.2 Å². The first-order valence-corrected chi connectivity index (χ1v) is 8.79. The molecule has 0 saturated carbocycles. The molecule has 0 radical (unpaired) electrons. The van der Waals surface area contributed by atoms with Gasteiger partial charge >= 0.3 is 0 Å². The van der Waals surface area contributed by atoms with Crippen molar-refractivity contribution in [2.75, 3.05) is 0 Å². The SMILES string of the molecule is S=C(NCc1ccc(Cl)cc1)c1ccc(OCc2ccccc2)cc1. The van der Waals surface area contributed by atoms with Gasteiger partial charge in [0.2, 0.25) is 0 Å². The highest BCUT2D eigenvalue weighted by Gasteiger charge is 2.02. The minimum atomic E-state index is 0.555. The zero-order valence-corrected chi connectivity index (χ0v) is 15.2. The maximum atomic E-state index is 5.89. The van der Waals surface area contributed by atoms with Crippen LogP contribution in [0.2, 0.25) is 5.02 Å². The maximum Gasteiger partial charge on any atom is 0.119 e. The van der Waals surface area contributed by atoms with Gasteiger partial charge in [-0.1, -0.05) is 66.3 Å². The first kappa shape index (κ1) is 17.5. The minimum Gasteiger partial charge on any atom is -0.489 e. The second-order valence-corrected chi connectivity index (χ2v) is 6.45. The lowest BCUT2D eigenvalue weighted by atomic mass is 10.2. The Balaban J connectivity index is 1.52. The Bertz CT molecular complexity index is 817. The van der Waals surface area contributed by atoms with E-state index >= 15 is 0 Å². The largest absolute Gasteiger partial charge is 0.489 e. The number of nitrogens with one attached hydrogen (secondary N) is 1. The van der Waals surface area contributed by atoms with Crippen LogP contribution in [0, 0.1) is 0 Å². The van der Waals surface area contributed by atoms with E-state index in [2.05, 4.69) is 5.32 Å². The van der Waals surface area contributed by atoms with E-state index in [4.69, 9.17) is 28.6 Å². The van der Waals surface area contributed by atoms with Crippen LogP contribution in [-0.2, 0) is 13.2 Å². The van der Waals surface area contributed by atoms with Crippen molar-refractivity contribution >= 4 is 28.8 Å². The first-order valence-electron chi connectivity index (χ1n) is 8.00. The zero-order valence-electron chi connectivity index (χ0n) is 13.6. The van der Waals surface area contributed by atoms with E-state index < -0.39 is 0 Å². The van der Waals surface area contributed by atoms with Crippen molar-refractivity contribution in [3.05, 3.63) is 101 Å². The number of rotatable bonds is 6. The van der Waals surface area contributed by atoms with Crippen molar-refractivity contribution in [3.8, 4) is 5.75 Å². The number of hydrogen-bond acceptors (Lipinski definition) is 2. The molecule has 3 aromatic carbocycles. The van der Waals surface area contributed by atoms with Gasteiger partial charge in [-0.05, 0) is 47.5 Å². The summed E-state index contributed by atoms with van der Waals surface area (Å²) in [6.45, 7) is 1.22. The fourth-order valence-electron chi connectivity index (χ4n) is 2.33. The van der Waals surface area contributed by atoms with Gasteiger partial charge in [-0.2, -0.15) is 0 Å². The molecule has 3 rings (SSSR count). The highest BCUT2D eigenvalue weighted by molar-refractivity contribution is 7.80. The Hall–Kier alpha value is -2.36. The molecule has 0 aliphatic rings.